The van der Waals surface area contributed by atoms with Crippen molar-refractivity contribution in [1.82, 2.24) is 31.1 Å². The Morgan fingerprint density at radius 3 is 1.29 bits per heavy atom. The summed E-state index contributed by atoms with van der Waals surface area (Å²) in [6.07, 6.45) is 8.05. The van der Waals surface area contributed by atoms with E-state index in [1.54, 1.807) is 48.5 Å². The Labute approximate surface area is 352 Å². The first-order valence-corrected chi connectivity index (χ1v) is 22.0. The highest BCUT2D eigenvalue weighted by atomic mass is 16.3. The number of rotatable bonds is 24. The number of hydrogen-bond acceptors (Lipinski definition) is 11. The van der Waals surface area contributed by atoms with Gasteiger partial charge in [0.05, 0.1) is 0 Å². The molecule has 2 aliphatic heterocycles. The molecule has 4 aromatic carbocycles. The zero-order valence-electron chi connectivity index (χ0n) is 35.0. The first-order valence-electron chi connectivity index (χ1n) is 22.0. The second kappa shape index (κ2) is 23.0. The van der Waals surface area contributed by atoms with Crippen LogP contribution in [-0.4, -0.2) is 125 Å². The molecule has 6 atom stereocenters. The summed E-state index contributed by atoms with van der Waals surface area (Å²) in [6.45, 7) is 10.1. The summed E-state index contributed by atoms with van der Waals surface area (Å²) in [4.78, 5) is 5.24. The van der Waals surface area contributed by atoms with E-state index in [0.717, 1.165) is 96.4 Å². The summed E-state index contributed by atoms with van der Waals surface area (Å²) in [5.74, 6) is 1.12. The largest absolute Gasteiger partial charge is 0.508 e. The molecule has 0 amide bonds. The molecule has 11 heteroatoms. The molecule has 11 nitrogen and oxygen atoms in total. The van der Waals surface area contributed by atoms with Crippen LogP contribution in [0.4, 0.5) is 0 Å². The minimum Gasteiger partial charge on any atom is -0.508 e. The number of phenolic OH excluding ortho intramolecular Hbond substituents is 4. The van der Waals surface area contributed by atoms with Gasteiger partial charge in [-0.15, -0.1) is 0 Å². The average molecular weight is 808 g/mol. The average Bonchev–Trinajstić information content (AvgIpc) is 3.89. The van der Waals surface area contributed by atoms with Crippen molar-refractivity contribution >= 4 is 0 Å². The van der Waals surface area contributed by atoms with E-state index in [0.29, 0.717) is 24.4 Å². The molecule has 0 bridgehead atoms. The SMILES string of the molecule is CCN[C@H](CN[C@H](CN[C@@H](Cc1ccc(O)cc1)CN1CCC[C@H]1CN[C@@H](Cc1ccc(O)cc1)CN1CCC[C@H]1CN)Cc1ccc(O)cc1)Cc1ccc(O)cc1. The Kier molecular flexibility index (Phi) is 17.3. The normalized spacial score (nSPS) is 19.5. The van der Waals surface area contributed by atoms with E-state index >= 15 is 0 Å². The van der Waals surface area contributed by atoms with Crippen LogP contribution in [0.15, 0.2) is 97.1 Å². The Bertz CT molecular complexity index is 1780. The van der Waals surface area contributed by atoms with Crippen LogP contribution in [0.25, 0.3) is 0 Å². The van der Waals surface area contributed by atoms with E-state index in [1.165, 1.54) is 29.5 Å². The van der Waals surface area contributed by atoms with Crippen molar-refractivity contribution in [2.75, 3.05) is 58.9 Å². The molecular formula is C48H69N7O4. The molecule has 6 rings (SSSR count). The van der Waals surface area contributed by atoms with Crippen LogP contribution in [0.3, 0.4) is 0 Å². The zero-order chi connectivity index (χ0) is 41.4. The third-order valence-electron chi connectivity index (χ3n) is 12.3. The van der Waals surface area contributed by atoms with Gasteiger partial charge < -0.3 is 47.4 Å². The summed E-state index contributed by atoms with van der Waals surface area (Å²) in [5, 5.41) is 55.4. The van der Waals surface area contributed by atoms with Crippen molar-refractivity contribution in [3.63, 3.8) is 0 Å². The molecule has 59 heavy (non-hydrogen) atoms. The number of likely N-dealkylation sites (tertiary alicyclic amines) is 2. The standard InChI is InChI=1S/C48H69N7O4/c1-2-50-39(25-35-7-15-45(56)16-8-35)30-51-40(26-36-9-17-46(57)18-10-36)31-52-41(27-37-11-19-47(58)20-12-37)34-55-24-4-6-44(55)32-53-42(28-38-13-21-48(59)22-14-38)33-54-23-3-5-43(54)29-49/h7-22,39-44,50-53,56-59H,2-6,23-34,49H2,1H3/t39-,40-,41-,42-,43-,44-/m0/s1. The third-order valence-corrected chi connectivity index (χ3v) is 12.3. The Morgan fingerprint density at radius 2 is 0.864 bits per heavy atom. The van der Waals surface area contributed by atoms with Gasteiger partial charge in [0.2, 0.25) is 0 Å². The van der Waals surface area contributed by atoms with Gasteiger partial charge in [0, 0.05) is 75.5 Å². The molecule has 0 aromatic heterocycles. The molecule has 0 radical (unpaired) electrons. The van der Waals surface area contributed by atoms with Gasteiger partial charge in [-0.25, -0.2) is 0 Å². The number of benzene rings is 4. The van der Waals surface area contributed by atoms with E-state index in [9.17, 15) is 20.4 Å². The predicted molar refractivity (Wildman–Crippen MR) is 238 cm³/mol. The Hall–Kier alpha value is -4.20. The molecule has 0 aliphatic carbocycles. The molecule has 2 aliphatic rings. The summed E-state index contributed by atoms with van der Waals surface area (Å²) in [7, 11) is 0. The van der Waals surface area contributed by atoms with Crippen molar-refractivity contribution in [3.8, 4) is 23.0 Å². The topological polar surface area (TPSA) is 162 Å². The number of hydrogen-bond donors (Lipinski definition) is 9. The molecule has 2 saturated heterocycles. The monoisotopic (exact) mass is 808 g/mol. The molecular weight excluding hydrogens is 739 g/mol. The summed E-state index contributed by atoms with van der Waals surface area (Å²) in [5.41, 5.74) is 10.9. The van der Waals surface area contributed by atoms with Gasteiger partial charge in [0.25, 0.3) is 0 Å². The lowest BCUT2D eigenvalue weighted by molar-refractivity contribution is 0.196. The van der Waals surface area contributed by atoms with Crippen molar-refractivity contribution in [1.29, 1.82) is 0 Å². The predicted octanol–water partition coefficient (Wildman–Crippen LogP) is 4.52. The van der Waals surface area contributed by atoms with E-state index in [4.69, 9.17) is 5.73 Å². The fourth-order valence-electron chi connectivity index (χ4n) is 9.05. The minimum absolute atomic E-state index is 0.127. The fraction of sp³-hybridized carbons (Fsp3) is 0.500. The number of nitrogens with zero attached hydrogens (tertiary/aromatic N) is 2. The quantitative estimate of drug-likeness (QED) is 0.0490. The van der Waals surface area contributed by atoms with Gasteiger partial charge in [0.1, 0.15) is 23.0 Å². The van der Waals surface area contributed by atoms with E-state index in [-0.39, 0.29) is 41.4 Å². The van der Waals surface area contributed by atoms with Gasteiger partial charge in [-0.1, -0.05) is 55.5 Å². The molecule has 2 heterocycles. The summed E-state index contributed by atoms with van der Waals surface area (Å²) < 4.78 is 0. The van der Waals surface area contributed by atoms with E-state index in [2.05, 4.69) is 38.0 Å². The molecule has 0 unspecified atom stereocenters. The van der Waals surface area contributed by atoms with Gasteiger partial charge in [0.15, 0.2) is 0 Å². The van der Waals surface area contributed by atoms with Gasteiger partial charge in [-0.05, 0) is 142 Å². The Morgan fingerprint density at radius 1 is 0.508 bits per heavy atom. The van der Waals surface area contributed by atoms with Crippen LogP contribution in [-0.2, 0) is 25.7 Å². The second-order valence-corrected chi connectivity index (χ2v) is 16.9. The lowest BCUT2D eigenvalue weighted by atomic mass is 10.0. The lowest BCUT2D eigenvalue weighted by Crippen LogP contribution is -2.53. The third kappa shape index (κ3) is 14.5. The van der Waals surface area contributed by atoms with Gasteiger partial charge >= 0.3 is 0 Å². The zero-order valence-corrected chi connectivity index (χ0v) is 35.0. The molecule has 2 fully saturated rings. The van der Waals surface area contributed by atoms with Crippen LogP contribution in [0.5, 0.6) is 23.0 Å². The van der Waals surface area contributed by atoms with Crippen LogP contribution >= 0.6 is 0 Å². The summed E-state index contributed by atoms with van der Waals surface area (Å²) >= 11 is 0. The number of aromatic hydroxyl groups is 4. The number of nitrogens with one attached hydrogen (secondary N) is 4. The molecule has 4 aromatic rings. The first kappa shape index (κ1) is 44.4. The van der Waals surface area contributed by atoms with Crippen molar-refractivity contribution in [2.45, 2.75) is 94.5 Å². The maximum absolute atomic E-state index is 10.1. The fourth-order valence-corrected chi connectivity index (χ4v) is 9.05. The molecule has 320 valence electrons. The van der Waals surface area contributed by atoms with E-state index in [1.807, 2.05) is 48.5 Å². The van der Waals surface area contributed by atoms with Crippen LogP contribution in [0.2, 0.25) is 0 Å². The van der Waals surface area contributed by atoms with Gasteiger partial charge in [-0.3, -0.25) is 9.80 Å². The minimum atomic E-state index is 0.127. The van der Waals surface area contributed by atoms with Crippen molar-refractivity contribution < 1.29 is 20.4 Å². The highest BCUT2D eigenvalue weighted by Crippen LogP contribution is 2.22. The van der Waals surface area contributed by atoms with Crippen LogP contribution < -0.4 is 27.0 Å². The van der Waals surface area contributed by atoms with Crippen LogP contribution in [0.1, 0.15) is 54.9 Å². The maximum Gasteiger partial charge on any atom is 0.115 e. The smallest absolute Gasteiger partial charge is 0.115 e. The number of phenols is 4. The highest BCUT2D eigenvalue weighted by Gasteiger charge is 2.30. The molecule has 0 spiro atoms. The Balaban J connectivity index is 1.13. The maximum atomic E-state index is 10.1. The van der Waals surface area contributed by atoms with Crippen molar-refractivity contribution in [2.24, 2.45) is 5.73 Å². The summed E-state index contributed by atoms with van der Waals surface area (Å²) in [6, 6.07) is 31.9. The second-order valence-electron chi connectivity index (χ2n) is 16.9. The molecule has 10 N–H and O–H groups in total. The number of nitrogens with two attached hydrogens (primary N) is 1. The van der Waals surface area contributed by atoms with Gasteiger partial charge in [-0.2, -0.15) is 0 Å². The number of likely N-dealkylation sites (N-methyl/N-ethyl adjacent to an activating group) is 1. The van der Waals surface area contributed by atoms with Crippen LogP contribution in [0, 0.1) is 0 Å². The van der Waals surface area contributed by atoms with Crippen molar-refractivity contribution in [3.05, 3.63) is 119 Å². The van der Waals surface area contributed by atoms with E-state index < -0.39 is 0 Å². The lowest BCUT2D eigenvalue weighted by Gasteiger charge is -2.33. The highest BCUT2D eigenvalue weighted by molar-refractivity contribution is 5.29. The first-order chi connectivity index (χ1) is 28.7. The molecule has 0 saturated carbocycles.